The van der Waals surface area contributed by atoms with Gasteiger partial charge in [-0.2, -0.15) is 0 Å². The number of hydrazine groups is 1. The van der Waals surface area contributed by atoms with Crippen LogP contribution in [0.15, 0.2) is 0 Å². The van der Waals surface area contributed by atoms with Crippen LogP contribution >= 0.6 is 0 Å². The highest BCUT2D eigenvalue weighted by Crippen LogP contribution is 2.30. The van der Waals surface area contributed by atoms with Crippen LogP contribution in [0.2, 0.25) is 0 Å². The molecule has 1 unspecified atom stereocenters. The molecule has 0 spiro atoms. The van der Waals surface area contributed by atoms with Crippen LogP contribution < -0.4 is 5.84 Å². The molecule has 2 aliphatic rings. The molecule has 3 nitrogen and oxygen atoms in total. The zero-order valence-electron chi connectivity index (χ0n) is 8.58. The van der Waals surface area contributed by atoms with Crippen molar-refractivity contribution < 1.29 is 0 Å². The Morgan fingerprint density at radius 3 is 2.15 bits per heavy atom. The average Bonchev–Trinajstić information content (AvgIpc) is 2.53. The Morgan fingerprint density at radius 1 is 1.00 bits per heavy atom. The van der Waals surface area contributed by atoms with E-state index in [4.69, 9.17) is 5.84 Å². The normalized spacial score (nSPS) is 34.2. The molecule has 2 saturated heterocycles. The van der Waals surface area contributed by atoms with Gasteiger partial charge in [0.15, 0.2) is 0 Å². The highest BCUT2D eigenvalue weighted by molar-refractivity contribution is 4.82. The third-order valence-corrected chi connectivity index (χ3v) is 3.67. The molecular weight excluding hydrogens is 162 g/mol. The van der Waals surface area contributed by atoms with E-state index in [1.807, 2.05) is 5.01 Å². The Balaban J connectivity index is 1.81. The van der Waals surface area contributed by atoms with Crippen LogP contribution in [0.4, 0.5) is 0 Å². The van der Waals surface area contributed by atoms with Crippen LogP contribution in [0.5, 0.6) is 0 Å². The van der Waals surface area contributed by atoms with Crippen LogP contribution in [-0.4, -0.2) is 43.1 Å². The molecule has 0 aromatic carbocycles. The van der Waals surface area contributed by atoms with E-state index in [9.17, 15) is 0 Å². The lowest BCUT2D eigenvalue weighted by Crippen LogP contribution is -2.40. The van der Waals surface area contributed by atoms with Gasteiger partial charge in [-0.1, -0.05) is 0 Å². The van der Waals surface area contributed by atoms with Crippen molar-refractivity contribution in [3.63, 3.8) is 0 Å². The molecule has 2 aliphatic heterocycles. The second-order valence-electron chi connectivity index (χ2n) is 4.68. The van der Waals surface area contributed by atoms with Gasteiger partial charge in [-0.05, 0) is 44.7 Å². The van der Waals surface area contributed by atoms with Crippen LogP contribution in [0.25, 0.3) is 0 Å². The summed E-state index contributed by atoms with van der Waals surface area (Å²) in [5.41, 5.74) is 0. The van der Waals surface area contributed by atoms with Gasteiger partial charge >= 0.3 is 0 Å². The largest absolute Gasteiger partial charge is 0.306 e. The number of nitrogens with two attached hydrogens (primary N) is 1. The minimum Gasteiger partial charge on any atom is -0.306 e. The monoisotopic (exact) mass is 183 g/mol. The average molecular weight is 183 g/mol. The van der Waals surface area contributed by atoms with Crippen molar-refractivity contribution in [3.8, 4) is 0 Å². The van der Waals surface area contributed by atoms with E-state index in [1.54, 1.807) is 0 Å². The van der Waals surface area contributed by atoms with Crippen LogP contribution in [0, 0.1) is 11.8 Å². The minimum absolute atomic E-state index is 0.949. The van der Waals surface area contributed by atoms with E-state index in [-0.39, 0.29) is 0 Å². The third kappa shape index (κ3) is 2.22. The standard InChI is InChI=1S/C10H21N3/c1-12-5-2-10(8-12)9-3-6-13(11)7-4-9/h9-10H,2-8,11H2,1H3. The van der Waals surface area contributed by atoms with Crippen LogP contribution in [-0.2, 0) is 0 Å². The molecule has 0 bridgehead atoms. The fourth-order valence-corrected chi connectivity index (χ4v) is 2.74. The van der Waals surface area contributed by atoms with Crippen molar-refractivity contribution in [2.75, 3.05) is 33.2 Å². The lowest BCUT2D eigenvalue weighted by atomic mass is 9.84. The highest BCUT2D eigenvalue weighted by Gasteiger charge is 2.29. The Morgan fingerprint density at radius 2 is 1.62 bits per heavy atom. The summed E-state index contributed by atoms with van der Waals surface area (Å²) in [6, 6.07) is 0. The first-order valence-corrected chi connectivity index (χ1v) is 5.44. The van der Waals surface area contributed by atoms with Crippen molar-refractivity contribution >= 4 is 0 Å². The topological polar surface area (TPSA) is 32.5 Å². The highest BCUT2D eigenvalue weighted by atomic mass is 15.4. The molecule has 2 N–H and O–H groups in total. The van der Waals surface area contributed by atoms with E-state index in [0.29, 0.717) is 0 Å². The summed E-state index contributed by atoms with van der Waals surface area (Å²) in [6.07, 6.45) is 4.04. The van der Waals surface area contributed by atoms with Crippen LogP contribution in [0.3, 0.4) is 0 Å². The smallest absolute Gasteiger partial charge is 0.0131 e. The Kier molecular flexibility index (Phi) is 2.86. The number of hydrogen-bond acceptors (Lipinski definition) is 3. The molecule has 0 saturated carbocycles. The maximum atomic E-state index is 5.75. The lowest BCUT2D eigenvalue weighted by molar-refractivity contribution is 0.150. The molecule has 2 heterocycles. The van der Waals surface area contributed by atoms with Gasteiger partial charge in [0.05, 0.1) is 0 Å². The van der Waals surface area contributed by atoms with Gasteiger partial charge < -0.3 is 4.90 Å². The summed E-state index contributed by atoms with van der Waals surface area (Å²) in [5.74, 6) is 7.65. The molecule has 13 heavy (non-hydrogen) atoms. The zero-order chi connectivity index (χ0) is 9.26. The predicted molar refractivity (Wildman–Crippen MR) is 54.1 cm³/mol. The van der Waals surface area contributed by atoms with Gasteiger partial charge in [0.2, 0.25) is 0 Å². The SMILES string of the molecule is CN1CCC(C2CCN(N)CC2)C1. The van der Waals surface area contributed by atoms with Crippen molar-refractivity contribution in [1.82, 2.24) is 9.91 Å². The van der Waals surface area contributed by atoms with Crippen molar-refractivity contribution in [3.05, 3.63) is 0 Å². The number of nitrogens with zero attached hydrogens (tertiary/aromatic N) is 2. The minimum atomic E-state index is 0.949. The first-order chi connectivity index (χ1) is 6.25. The summed E-state index contributed by atoms with van der Waals surface area (Å²) in [5, 5.41) is 1.97. The first-order valence-electron chi connectivity index (χ1n) is 5.44. The van der Waals surface area contributed by atoms with Crippen LogP contribution in [0.1, 0.15) is 19.3 Å². The molecule has 2 rings (SSSR count). The van der Waals surface area contributed by atoms with Crippen molar-refractivity contribution in [2.24, 2.45) is 17.7 Å². The molecule has 0 aromatic rings. The second-order valence-corrected chi connectivity index (χ2v) is 4.68. The van der Waals surface area contributed by atoms with Gasteiger partial charge in [0.1, 0.15) is 0 Å². The van der Waals surface area contributed by atoms with E-state index in [2.05, 4.69) is 11.9 Å². The van der Waals surface area contributed by atoms with Crippen molar-refractivity contribution in [2.45, 2.75) is 19.3 Å². The lowest BCUT2D eigenvalue weighted by Gasteiger charge is -2.32. The third-order valence-electron chi connectivity index (χ3n) is 3.67. The molecule has 0 amide bonds. The second kappa shape index (κ2) is 3.95. The molecular formula is C10H21N3. The fourth-order valence-electron chi connectivity index (χ4n) is 2.74. The Labute approximate surface area is 80.8 Å². The number of piperidine rings is 1. The molecule has 0 radical (unpaired) electrons. The molecule has 1 atom stereocenters. The van der Waals surface area contributed by atoms with E-state index in [0.717, 1.165) is 24.9 Å². The Hall–Kier alpha value is -0.120. The molecule has 3 heteroatoms. The molecule has 0 aliphatic carbocycles. The van der Waals surface area contributed by atoms with Gasteiger partial charge in [-0.25, -0.2) is 5.01 Å². The summed E-state index contributed by atoms with van der Waals surface area (Å²) in [6.45, 7) is 4.82. The molecule has 2 fully saturated rings. The summed E-state index contributed by atoms with van der Waals surface area (Å²) in [4.78, 5) is 2.46. The van der Waals surface area contributed by atoms with Crippen molar-refractivity contribution in [1.29, 1.82) is 0 Å². The summed E-state index contributed by atoms with van der Waals surface area (Å²) in [7, 11) is 2.23. The van der Waals surface area contributed by atoms with Gasteiger partial charge in [-0.3, -0.25) is 5.84 Å². The number of rotatable bonds is 1. The molecule has 76 valence electrons. The summed E-state index contributed by atoms with van der Waals surface area (Å²) >= 11 is 0. The predicted octanol–water partition coefficient (Wildman–Crippen LogP) is 0.524. The number of hydrogen-bond donors (Lipinski definition) is 1. The molecule has 0 aromatic heterocycles. The van der Waals surface area contributed by atoms with Gasteiger partial charge in [0, 0.05) is 19.6 Å². The fraction of sp³-hybridized carbons (Fsp3) is 1.00. The maximum absolute atomic E-state index is 5.75. The number of likely N-dealkylation sites (tertiary alicyclic amines) is 1. The summed E-state index contributed by atoms with van der Waals surface area (Å²) < 4.78 is 0. The van der Waals surface area contributed by atoms with Gasteiger partial charge in [0.25, 0.3) is 0 Å². The quantitative estimate of drug-likeness (QED) is 0.602. The van der Waals surface area contributed by atoms with E-state index >= 15 is 0 Å². The maximum Gasteiger partial charge on any atom is 0.0131 e. The van der Waals surface area contributed by atoms with E-state index in [1.165, 1.54) is 32.4 Å². The zero-order valence-corrected chi connectivity index (χ0v) is 8.58. The van der Waals surface area contributed by atoms with E-state index < -0.39 is 0 Å². The van der Waals surface area contributed by atoms with Gasteiger partial charge in [-0.15, -0.1) is 0 Å². The Bertz CT molecular complexity index is 164. The first kappa shape index (κ1) is 9.44.